The van der Waals surface area contributed by atoms with Gasteiger partial charge in [0.05, 0.1) is 6.54 Å². The number of benzene rings is 2. The summed E-state index contributed by atoms with van der Waals surface area (Å²) in [6.07, 6.45) is 0.00472. The Kier molecular flexibility index (Phi) is 5.86. The van der Waals surface area contributed by atoms with Crippen LogP contribution in [0.2, 0.25) is 0 Å². The summed E-state index contributed by atoms with van der Waals surface area (Å²) in [5, 5.41) is 3.98. The van der Waals surface area contributed by atoms with Crippen molar-refractivity contribution in [1.29, 1.82) is 0 Å². The van der Waals surface area contributed by atoms with Gasteiger partial charge in [-0.25, -0.2) is 0 Å². The molecular weight excluding hydrogens is 342 g/mol. The molecule has 0 unspecified atom stereocenters. The third-order valence-electron chi connectivity index (χ3n) is 4.19. The lowest BCUT2D eigenvalue weighted by Crippen LogP contribution is -2.39. The molecule has 2 aromatic carbocycles. The van der Waals surface area contributed by atoms with Crippen LogP contribution in [-0.2, 0) is 11.3 Å². The van der Waals surface area contributed by atoms with Crippen LogP contribution in [0.15, 0.2) is 59.1 Å². The van der Waals surface area contributed by atoms with Gasteiger partial charge in [0.2, 0.25) is 11.7 Å². The van der Waals surface area contributed by atoms with Crippen LogP contribution in [0.1, 0.15) is 24.8 Å². The van der Waals surface area contributed by atoms with Gasteiger partial charge in [0.15, 0.2) is 6.10 Å². The second-order valence-electron chi connectivity index (χ2n) is 6.40. The second-order valence-corrected chi connectivity index (χ2v) is 6.40. The van der Waals surface area contributed by atoms with Gasteiger partial charge in [0.1, 0.15) is 5.75 Å². The number of likely N-dealkylation sites (N-methyl/N-ethyl adjacent to an activating group) is 1. The number of carbonyl (C=O) groups is 1. The van der Waals surface area contributed by atoms with Gasteiger partial charge in [-0.3, -0.25) is 4.79 Å². The van der Waals surface area contributed by atoms with Crippen LogP contribution in [0.5, 0.6) is 5.75 Å². The molecule has 0 bridgehead atoms. The van der Waals surface area contributed by atoms with Gasteiger partial charge >= 0.3 is 0 Å². The van der Waals surface area contributed by atoms with Gasteiger partial charge in [-0.15, -0.1) is 0 Å². The quantitative estimate of drug-likeness (QED) is 0.636. The monoisotopic (exact) mass is 365 g/mol. The van der Waals surface area contributed by atoms with Crippen molar-refractivity contribution >= 4 is 5.91 Å². The predicted octanol–water partition coefficient (Wildman–Crippen LogP) is 3.86. The summed E-state index contributed by atoms with van der Waals surface area (Å²) in [4.78, 5) is 18.7. The van der Waals surface area contributed by atoms with E-state index in [1.165, 1.54) is 0 Å². The fourth-order valence-corrected chi connectivity index (χ4v) is 2.64. The van der Waals surface area contributed by atoms with Crippen molar-refractivity contribution in [1.82, 2.24) is 15.0 Å². The topological polar surface area (TPSA) is 68.5 Å². The van der Waals surface area contributed by atoms with Crippen molar-refractivity contribution in [2.75, 3.05) is 7.05 Å². The van der Waals surface area contributed by atoms with E-state index in [9.17, 15) is 4.79 Å². The van der Waals surface area contributed by atoms with Crippen molar-refractivity contribution in [2.45, 2.75) is 32.9 Å². The molecule has 0 saturated carbocycles. The van der Waals surface area contributed by atoms with E-state index >= 15 is 0 Å². The molecule has 3 rings (SSSR count). The minimum Gasteiger partial charge on any atom is -0.481 e. The smallest absolute Gasteiger partial charge is 0.263 e. The highest BCUT2D eigenvalue weighted by Crippen LogP contribution is 2.18. The van der Waals surface area contributed by atoms with Crippen molar-refractivity contribution < 1.29 is 14.1 Å². The molecule has 27 heavy (non-hydrogen) atoms. The molecule has 0 N–H and O–H groups in total. The maximum atomic E-state index is 12.7. The standard InChI is InChI=1S/C21H23N3O3/c1-4-18(26-17-12-10-15(2)11-13-17)21(25)24(3)14-19-22-20(23-27-19)16-8-6-5-7-9-16/h5-13,18H,4,14H2,1-3H3/t18-/m0/s1. The number of aromatic nitrogens is 2. The lowest BCUT2D eigenvalue weighted by Gasteiger charge is -2.22. The van der Waals surface area contributed by atoms with Crippen LogP contribution < -0.4 is 4.74 Å². The minimum absolute atomic E-state index is 0.127. The minimum atomic E-state index is -0.561. The van der Waals surface area contributed by atoms with Gasteiger partial charge in [-0.2, -0.15) is 4.98 Å². The molecule has 6 heteroatoms. The lowest BCUT2D eigenvalue weighted by molar-refractivity contribution is -0.138. The van der Waals surface area contributed by atoms with Crippen LogP contribution in [0.3, 0.4) is 0 Å². The summed E-state index contributed by atoms with van der Waals surface area (Å²) in [5.41, 5.74) is 2.01. The Balaban J connectivity index is 1.64. The predicted molar refractivity (Wildman–Crippen MR) is 102 cm³/mol. The fraction of sp³-hybridized carbons (Fsp3) is 0.286. The van der Waals surface area contributed by atoms with Gasteiger partial charge < -0.3 is 14.2 Å². The van der Waals surface area contributed by atoms with Gasteiger partial charge in [0, 0.05) is 12.6 Å². The summed E-state index contributed by atoms with van der Waals surface area (Å²) < 4.78 is 11.1. The molecular formula is C21H23N3O3. The fourth-order valence-electron chi connectivity index (χ4n) is 2.64. The molecule has 0 aliphatic rings. The number of rotatable bonds is 7. The molecule has 0 spiro atoms. The first-order valence-corrected chi connectivity index (χ1v) is 8.93. The molecule has 0 aliphatic heterocycles. The third-order valence-corrected chi connectivity index (χ3v) is 4.19. The number of aryl methyl sites for hydroxylation is 1. The Bertz CT molecular complexity index is 875. The molecule has 0 aliphatic carbocycles. The molecule has 3 aromatic rings. The van der Waals surface area contributed by atoms with E-state index in [-0.39, 0.29) is 12.5 Å². The van der Waals surface area contributed by atoms with Gasteiger partial charge in [-0.1, -0.05) is 60.1 Å². The average Bonchev–Trinajstić information content (AvgIpc) is 3.16. The average molecular weight is 365 g/mol. The van der Waals surface area contributed by atoms with Crippen molar-refractivity contribution in [2.24, 2.45) is 0 Å². The number of carbonyl (C=O) groups excluding carboxylic acids is 1. The number of nitrogens with zero attached hydrogens (tertiary/aromatic N) is 3. The van der Waals surface area contributed by atoms with Crippen LogP contribution in [0.4, 0.5) is 0 Å². The van der Waals surface area contributed by atoms with Crippen molar-refractivity contribution in [3.63, 3.8) is 0 Å². The first-order chi connectivity index (χ1) is 13.1. The third kappa shape index (κ3) is 4.73. The number of ether oxygens (including phenoxy) is 1. The maximum Gasteiger partial charge on any atom is 0.263 e. The summed E-state index contributed by atoms with van der Waals surface area (Å²) in [6, 6.07) is 17.2. The molecule has 1 amide bonds. The molecule has 1 atom stereocenters. The van der Waals surface area contributed by atoms with E-state index in [1.807, 2.05) is 68.4 Å². The zero-order valence-electron chi connectivity index (χ0n) is 15.8. The Morgan fingerprint density at radius 3 is 2.52 bits per heavy atom. The van der Waals surface area contributed by atoms with Crippen molar-refractivity contribution in [3.8, 4) is 17.1 Å². The highest BCUT2D eigenvalue weighted by Gasteiger charge is 2.24. The van der Waals surface area contributed by atoms with Gasteiger partial charge in [0.25, 0.3) is 5.91 Å². The highest BCUT2D eigenvalue weighted by molar-refractivity contribution is 5.80. The molecule has 0 radical (unpaired) electrons. The molecule has 0 saturated heterocycles. The SMILES string of the molecule is CC[C@H](Oc1ccc(C)cc1)C(=O)N(C)Cc1nc(-c2ccccc2)no1. The molecule has 6 nitrogen and oxygen atoms in total. The van der Waals surface area contributed by atoms with Crippen LogP contribution >= 0.6 is 0 Å². The Morgan fingerprint density at radius 2 is 1.85 bits per heavy atom. The lowest BCUT2D eigenvalue weighted by atomic mass is 10.2. The van der Waals surface area contributed by atoms with Crippen molar-refractivity contribution in [3.05, 3.63) is 66.1 Å². The molecule has 1 heterocycles. The summed E-state index contributed by atoms with van der Waals surface area (Å²) in [5.74, 6) is 1.44. The molecule has 140 valence electrons. The van der Waals surface area contributed by atoms with Crippen LogP contribution in [0, 0.1) is 6.92 Å². The highest BCUT2D eigenvalue weighted by atomic mass is 16.5. The van der Waals surface area contributed by atoms with E-state index in [2.05, 4.69) is 10.1 Å². The molecule has 1 aromatic heterocycles. The first kappa shape index (κ1) is 18.6. The van der Waals surface area contributed by atoms with Crippen LogP contribution in [0.25, 0.3) is 11.4 Å². The summed E-state index contributed by atoms with van der Waals surface area (Å²) in [7, 11) is 1.70. The summed E-state index contributed by atoms with van der Waals surface area (Å²) in [6.45, 7) is 4.16. The van der Waals surface area contributed by atoms with E-state index in [4.69, 9.17) is 9.26 Å². The number of hydrogen-bond donors (Lipinski definition) is 0. The Morgan fingerprint density at radius 1 is 1.15 bits per heavy atom. The van der Waals surface area contributed by atoms with Crippen LogP contribution in [-0.4, -0.2) is 34.1 Å². The maximum absolute atomic E-state index is 12.7. The Hall–Kier alpha value is -3.15. The first-order valence-electron chi connectivity index (χ1n) is 8.93. The zero-order chi connectivity index (χ0) is 19.2. The number of hydrogen-bond acceptors (Lipinski definition) is 5. The normalized spacial score (nSPS) is 11.8. The summed E-state index contributed by atoms with van der Waals surface area (Å²) >= 11 is 0. The second kappa shape index (κ2) is 8.49. The van der Waals surface area contributed by atoms with E-state index < -0.39 is 6.10 Å². The molecule has 0 fully saturated rings. The van der Waals surface area contributed by atoms with E-state index in [0.717, 1.165) is 11.1 Å². The largest absolute Gasteiger partial charge is 0.481 e. The van der Waals surface area contributed by atoms with Gasteiger partial charge in [-0.05, 0) is 25.5 Å². The Labute approximate surface area is 158 Å². The van der Waals surface area contributed by atoms with E-state index in [1.54, 1.807) is 11.9 Å². The van der Waals surface area contributed by atoms with E-state index in [0.29, 0.717) is 23.9 Å². The number of amides is 1. The zero-order valence-corrected chi connectivity index (χ0v) is 15.8.